The van der Waals surface area contributed by atoms with E-state index >= 15 is 0 Å². The molecule has 1 aliphatic rings. The van der Waals surface area contributed by atoms with Crippen molar-refractivity contribution < 1.29 is 17.7 Å². The highest BCUT2D eigenvalue weighted by molar-refractivity contribution is 7.89. The molecule has 0 bridgehead atoms. The van der Waals surface area contributed by atoms with Gasteiger partial charge in [0.2, 0.25) is 15.9 Å². The predicted molar refractivity (Wildman–Crippen MR) is 121 cm³/mol. The van der Waals surface area contributed by atoms with Crippen LogP contribution in [0.4, 0.5) is 0 Å². The number of amides is 1. The molecule has 0 saturated carbocycles. The number of sulfonamides is 1. The molecule has 178 valence electrons. The summed E-state index contributed by atoms with van der Waals surface area (Å²) in [6.45, 7) is 13.5. The zero-order valence-electron chi connectivity index (χ0n) is 19.9. The summed E-state index contributed by atoms with van der Waals surface area (Å²) in [6, 6.07) is 0. The first-order valence-corrected chi connectivity index (χ1v) is 12.8. The summed E-state index contributed by atoms with van der Waals surface area (Å²) in [4.78, 5) is 12.9. The number of hydrogen-bond donors (Lipinski definition) is 1. The van der Waals surface area contributed by atoms with Gasteiger partial charge in [-0.25, -0.2) is 8.42 Å². The number of hydrogen-bond acceptors (Lipinski definition) is 6. The highest BCUT2D eigenvalue weighted by Gasteiger charge is 2.36. The Morgan fingerprint density at radius 2 is 1.84 bits per heavy atom. The topological polar surface area (TPSA) is 110 Å². The lowest BCUT2D eigenvalue weighted by Gasteiger charge is -2.33. The maximum atomic E-state index is 13.0. The van der Waals surface area contributed by atoms with E-state index in [2.05, 4.69) is 29.4 Å². The number of rotatable bonds is 8. The second kappa shape index (κ2) is 9.74. The molecule has 1 N–H and O–H groups in total. The van der Waals surface area contributed by atoms with Crippen LogP contribution in [0.2, 0.25) is 0 Å². The van der Waals surface area contributed by atoms with Crippen molar-refractivity contribution in [2.24, 2.45) is 11.8 Å². The van der Waals surface area contributed by atoms with E-state index in [1.54, 1.807) is 13.8 Å². The summed E-state index contributed by atoms with van der Waals surface area (Å²) in [5, 5.41) is 11.4. The highest BCUT2D eigenvalue weighted by Crippen LogP contribution is 2.30. The van der Waals surface area contributed by atoms with E-state index in [0.717, 1.165) is 24.4 Å². The summed E-state index contributed by atoms with van der Waals surface area (Å²) < 4.78 is 34.5. The molecule has 32 heavy (non-hydrogen) atoms. The maximum Gasteiger partial charge on any atom is 0.248 e. The molecule has 1 aliphatic heterocycles. The first kappa shape index (κ1) is 24.4. The molecule has 0 aliphatic carbocycles. The van der Waals surface area contributed by atoms with E-state index in [0.29, 0.717) is 43.9 Å². The summed E-state index contributed by atoms with van der Waals surface area (Å²) in [5.41, 5.74) is 3.74. The van der Waals surface area contributed by atoms with Crippen molar-refractivity contribution in [2.75, 3.05) is 19.6 Å². The minimum absolute atomic E-state index is 0.0234. The predicted octanol–water partition coefficient (Wildman–Crippen LogP) is 2.52. The summed E-state index contributed by atoms with van der Waals surface area (Å²) in [7, 11) is -3.63. The van der Waals surface area contributed by atoms with Gasteiger partial charge in [-0.05, 0) is 65.4 Å². The number of carbonyl (C=O) groups is 1. The number of nitrogens with one attached hydrogen (secondary N) is 1. The molecule has 0 radical (unpaired) electrons. The van der Waals surface area contributed by atoms with Crippen LogP contribution in [0.5, 0.6) is 0 Å². The van der Waals surface area contributed by atoms with E-state index in [1.165, 1.54) is 9.87 Å². The summed E-state index contributed by atoms with van der Waals surface area (Å²) in [6.07, 6.45) is 2.06. The van der Waals surface area contributed by atoms with Gasteiger partial charge >= 0.3 is 0 Å². The third kappa shape index (κ3) is 4.76. The molecule has 10 heteroatoms. The maximum absolute atomic E-state index is 13.0. The van der Waals surface area contributed by atoms with E-state index in [9.17, 15) is 13.2 Å². The number of carbonyl (C=O) groups excluding carboxylic acids is 1. The van der Waals surface area contributed by atoms with Gasteiger partial charge in [-0.1, -0.05) is 12.1 Å². The standard InChI is InChI=1S/C22H35N5O4S/c1-7-27-17(5)20(15(3)24-27)8-11-23-22(28)14(2)19-9-12-26(13-10-19)32(29,30)21-16(4)25-31-18(21)6/h14,19H,7-13H2,1-6H3,(H,23,28). The van der Waals surface area contributed by atoms with Crippen LogP contribution < -0.4 is 5.32 Å². The fourth-order valence-corrected chi connectivity index (χ4v) is 6.44. The first-order chi connectivity index (χ1) is 15.1. The van der Waals surface area contributed by atoms with Crippen molar-refractivity contribution in [3.8, 4) is 0 Å². The lowest BCUT2D eigenvalue weighted by atomic mass is 9.85. The Bertz CT molecular complexity index is 1050. The fraction of sp³-hybridized carbons (Fsp3) is 0.682. The Balaban J connectivity index is 1.52. The van der Waals surface area contributed by atoms with Gasteiger partial charge in [0.25, 0.3) is 0 Å². The zero-order chi connectivity index (χ0) is 23.6. The van der Waals surface area contributed by atoms with Crippen molar-refractivity contribution in [1.29, 1.82) is 0 Å². The molecule has 2 aromatic rings. The van der Waals surface area contributed by atoms with Crippen LogP contribution in [0.15, 0.2) is 9.42 Å². The van der Waals surface area contributed by atoms with Gasteiger partial charge in [-0.2, -0.15) is 9.40 Å². The number of aryl methyl sites for hydroxylation is 4. The number of nitrogens with zero attached hydrogens (tertiary/aromatic N) is 4. The molecular weight excluding hydrogens is 430 g/mol. The van der Waals surface area contributed by atoms with Crippen LogP contribution in [0.1, 0.15) is 55.1 Å². The monoisotopic (exact) mass is 465 g/mol. The Kier molecular flexibility index (Phi) is 7.44. The first-order valence-electron chi connectivity index (χ1n) is 11.3. The third-order valence-corrected chi connectivity index (χ3v) is 8.83. The Morgan fingerprint density at radius 3 is 2.38 bits per heavy atom. The van der Waals surface area contributed by atoms with Gasteiger partial charge < -0.3 is 9.84 Å². The van der Waals surface area contributed by atoms with Crippen LogP contribution in [-0.2, 0) is 27.8 Å². The van der Waals surface area contributed by atoms with Crippen LogP contribution in [0, 0.1) is 39.5 Å². The highest BCUT2D eigenvalue weighted by atomic mass is 32.2. The molecule has 3 rings (SSSR count). The van der Waals surface area contributed by atoms with Crippen molar-refractivity contribution >= 4 is 15.9 Å². The molecule has 1 fully saturated rings. The Hall–Kier alpha value is -2.20. The van der Waals surface area contributed by atoms with Gasteiger partial charge in [0.15, 0.2) is 5.76 Å². The normalized spacial score (nSPS) is 16.9. The zero-order valence-corrected chi connectivity index (χ0v) is 20.8. The van der Waals surface area contributed by atoms with Gasteiger partial charge in [-0.15, -0.1) is 0 Å². The van der Waals surface area contributed by atoms with E-state index in [-0.39, 0.29) is 22.6 Å². The van der Waals surface area contributed by atoms with Crippen LogP contribution in [0.3, 0.4) is 0 Å². The lowest BCUT2D eigenvalue weighted by molar-refractivity contribution is -0.126. The smallest absolute Gasteiger partial charge is 0.248 e. The average molecular weight is 466 g/mol. The van der Waals surface area contributed by atoms with Crippen LogP contribution in [0.25, 0.3) is 0 Å². The van der Waals surface area contributed by atoms with Crippen molar-refractivity contribution in [1.82, 2.24) is 24.6 Å². The molecule has 1 saturated heterocycles. The third-order valence-electron chi connectivity index (χ3n) is 6.69. The Morgan fingerprint density at radius 1 is 1.19 bits per heavy atom. The number of piperidine rings is 1. The second-order valence-electron chi connectivity index (χ2n) is 8.69. The molecule has 9 nitrogen and oxygen atoms in total. The number of aromatic nitrogens is 3. The summed E-state index contributed by atoms with van der Waals surface area (Å²) >= 11 is 0. The molecule has 0 spiro atoms. The van der Waals surface area contributed by atoms with Gasteiger partial charge in [0, 0.05) is 37.8 Å². The SMILES string of the molecule is CCn1nc(C)c(CCNC(=O)C(C)C2CCN(S(=O)(=O)c3c(C)noc3C)CC2)c1C. The molecule has 0 aromatic carbocycles. The molecular formula is C22H35N5O4S. The van der Waals surface area contributed by atoms with Crippen LogP contribution >= 0.6 is 0 Å². The van der Waals surface area contributed by atoms with Gasteiger partial charge in [0.1, 0.15) is 10.6 Å². The average Bonchev–Trinajstić information content (AvgIpc) is 3.25. The van der Waals surface area contributed by atoms with E-state index < -0.39 is 10.0 Å². The molecule has 1 amide bonds. The minimum atomic E-state index is -3.63. The minimum Gasteiger partial charge on any atom is -0.360 e. The van der Waals surface area contributed by atoms with Crippen molar-refractivity contribution in [3.05, 3.63) is 28.4 Å². The summed E-state index contributed by atoms with van der Waals surface area (Å²) in [5.74, 6) is 0.319. The van der Waals surface area contributed by atoms with Crippen molar-refractivity contribution in [3.63, 3.8) is 0 Å². The van der Waals surface area contributed by atoms with Gasteiger partial charge in [-0.3, -0.25) is 9.48 Å². The fourth-order valence-electron chi connectivity index (χ4n) is 4.68. The van der Waals surface area contributed by atoms with Gasteiger partial charge in [0.05, 0.1) is 5.69 Å². The van der Waals surface area contributed by atoms with Crippen molar-refractivity contribution in [2.45, 2.75) is 72.2 Å². The molecule has 1 unspecified atom stereocenters. The van der Waals surface area contributed by atoms with E-state index in [4.69, 9.17) is 4.52 Å². The lowest BCUT2D eigenvalue weighted by Crippen LogP contribution is -2.43. The van der Waals surface area contributed by atoms with Crippen LogP contribution in [-0.4, -0.2) is 53.2 Å². The second-order valence-corrected chi connectivity index (χ2v) is 10.6. The molecule has 2 aromatic heterocycles. The molecule has 3 heterocycles. The molecule has 1 atom stereocenters. The van der Waals surface area contributed by atoms with E-state index in [1.807, 2.05) is 18.5 Å². The quantitative estimate of drug-likeness (QED) is 0.641. The Labute approximate surface area is 190 Å². The largest absolute Gasteiger partial charge is 0.360 e.